The molecule has 4 N–H and O–H groups in total. The highest BCUT2D eigenvalue weighted by atomic mass is 16.4. The van der Waals surface area contributed by atoms with Crippen molar-refractivity contribution in [3.8, 4) is 0 Å². The number of hydrogen-bond donors (Lipinski definition) is 3. The predicted octanol–water partition coefficient (Wildman–Crippen LogP) is -0.987. The molecule has 0 aliphatic rings. The van der Waals surface area contributed by atoms with E-state index in [0.717, 1.165) is 0 Å². The van der Waals surface area contributed by atoms with Crippen molar-refractivity contribution in [1.82, 2.24) is 20.3 Å². The average Bonchev–Trinajstić information content (AvgIpc) is 2.77. The molecule has 0 aromatic carbocycles. The van der Waals surface area contributed by atoms with Gasteiger partial charge in [-0.2, -0.15) is 15.4 Å². The van der Waals surface area contributed by atoms with Crippen LogP contribution in [0.5, 0.6) is 0 Å². The second kappa shape index (κ2) is 4.94. The molecule has 1 amide bonds. The number of oxime groups is 1. The lowest BCUT2D eigenvalue weighted by Gasteiger charge is -2.18. The SMILES string of the molecule is CCN(CC(N)=NO)C(=O)c1cn[nH]n1. The highest BCUT2D eigenvalue weighted by molar-refractivity contribution is 5.95. The van der Waals surface area contributed by atoms with Gasteiger partial charge in [-0.25, -0.2) is 0 Å². The minimum atomic E-state index is -0.321. The molecule has 8 nitrogen and oxygen atoms in total. The summed E-state index contributed by atoms with van der Waals surface area (Å²) in [6.45, 7) is 2.27. The van der Waals surface area contributed by atoms with Gasteiger partial charge in [-0.05, 0) is 6.92 Å². The molecule has 0 unspecified atom stereocenters. The van der Waals surface area contributed by atoms with Crippen molar-refractivity contribution in [3.63, 3.8) is 0 Å². The van der Waals surface area contributed by atoms with Crippen molar-refractivity contribution in [3.05, 3.63) is 11.9 Å². The van der Waals surface area contributed by atoms with Crippen LogP contribution in [0.4, 0.5) is 0 Å². The number of amides is 1. The van der Waals surface area contributed by atoms with Gasteiger partial charge in [0.2, 0.25) is 0 Å². The summed E-state index contributed by atoms with van der Waals surface area (Å²) in [6.07, 6.45) is 1.32. The quantitative estimate of drug-likeness (QED) is 0.256. The Morgan fingerprint density at radius 3 is 3.00 bits per heavy atom. The Morgan fingerprint density at radius 2 is 2.53 bits per heavy atom. The fourth-order valence-electron chi connectivity index (χ4n) is 1.02. The van der Waals surface area contributed by atoms with E-state index in [1.165, 1.54) is 11.1 Å². The van der Waals surface area contributed by atoms with Gasteiger partial charge in [0.1, 0.15) is 0 Å². The van der Waals surface area contributed by atoms with Crippen LogP contribution in [0.1, 0.15) is 17.4 Å². The molecule has 15 heavy (non-hydrogen) atoms. The van der Waals surface area contributed by atoms with Gasteiger partial charge in [0.15, 0.2) is 11.5 Å². The third kappa shape index (κ3) is 2.66. The third-order valence-electron chi connectivity index (χ3n) is 1.78. The molecule has 1 aromatic heterocycles. The van der Waals surface area contributed by atoms with Crippen LogP contribution in [0.3, 0.4) is 0 Å². The van der Waals surface area contributed by atoms with Crippen LogP contribution in [-0.2, 0) is 0 Å². The molecule has 0 fully saturated rings. The number of likely N-dealkylation sites (N-methyl/N-ethyl adjacent to an activating group) is 1. The maximum atomic E-state index is 11.7. The van der Waals surface area contributed by atoms with Crippen LogP contribution in [-0.4, -0.2) is 50.4 Å². The normalized spacial score (nSPS) is 11.4. The zero-order valence-electron chi connectivity index (χ0n) is 8.21. The molecule has 0 atom stereocenters. The molecule has 8 heteroatoms. The van der Waals surface area contributed by atoms with E-state index in [1.807, 2.05) is 0 Å². The molecule has 0 aliphatic heterocycles. The van der Waals surface area contributed by atoms with Gasteiger partial charge in [-0.3, -0.25) is 4.79 Å². The van der Waals surface area contributed by atoms with Crippen LogP contribution in [0.2, 0.25) is 0 Å². The monoisotopic (exact) mass is 212 g/mol. The van der Waals surface area contributed by atoms with Gasteiger partial charge in [0.05, 0.1) is 12.7 Å². The molecule has 1 rings (SSSR count). The van der Waals surface area contributed by atoms with Crippen molar-refractivity contribution in [2.75, 3.05) is 13.1 Å². The zero-order valence-corrected chi connectivity index (χ0v) is 8.21. The second-order valence-electron chi connectivity index (χ2n) is 2.77. The van der Waals surface area contributed by atoms with E-state index < -0.39 is 0 Å². The molecular weight excluding hydrogens is 200 g/mol. The lowest BCUT2D eigenvalue weighted by atomic mass is 10.3. The summed E-state index contributed by atoms with van der Waals surface area (Å²) in [5, 5.41) is 20.7. The predicted molar refractivity (Wildman–Crippen MR) is 51.4 cm³/mol. The van der Waals surface area contributed by atoms with Crippen molar-refractivity contribution < 1.29 is 10.0 Å². The van der Waals surface area contributed by atoms with Gasteiger partial charge in [0, 0.05) is 6.54 Å². The van der Waals surface area contributed by atoms with E-state index in [2.05, 4.69) is 20.6 Å². The number of nitrogens with two attached hydrogens (primary N) is 1. The van der Waals surface area contributed by atoms with Crippen LogP contribution < -0.4 is 5.73 Å². The first-order valence-electron chi connectivity index (χ1n) is 4.30. The number of H-pyrrole nitrogens is 1. The summed E-state index contributed by atoms with van der Waals surface area (Å²) in [5.41, 5.74) is 5.50. The van der Waals surface area contributed by atoms with Crippen LogP contribution >= 0.6 is 0 Å². The fourth-order valence-corrected chi connectivity index (χ4v) is 1.02. The lowest BCUT2D eigenvalue weighted by molar-refractivity contribution is 0.0780. The number of carbonyl (C=O) groups excluding carboxylic acids is 1. The largest absolute Gasteiger partial charge is 0.409 e. The fraction of sp³-hybridized carbons (Fsp3) is 0.429. The van der Waals surface area contributed by atoms with E-state index in [9.17, 15) is 4.79 Å². The maximum Gasteiger partial charge on any atom is 0.276 e. The van der Waals surface area contributed by atoms with Gasteiger partial charge in [-0.15, -0.1) is 0 Å². The number of nitrogens with zero attached hydrogens (tertiary/aromatic N) is 4. The summed E-state index contributed by atoms with van der Waals surface area (Å²) in [6, 6.07) is 0. The van der Waals surface area contributed by atoms with Crippen LogP contribution in [0.25, 0.3) is 0 Å². The van der Waals surface area contributed by atoms with E-state index in [0.29, 0.717) is 6.54 Å². The van der Waals surface area contributed by atoms with E-state index in [1.54, 1.807) is 6.92 Å². The molecule has 0 saturated carbocycles. The summed E-state index contributed by atoms with van der Waals surface area (Å²) in [7, 11) is 0. The lowest BCUT2D eigenvalue weighted by Crippen LogP contribution is -2.38. The van der Waals surface area contributed by atoms with Crippen LogP contribution in [0, 0.1) is 0 Å². The molecule has 0 aliphatic carbocycles. The highest BCUT2D eigenvalue weighted by Gasteiger charge is 2.17. The Bertz CT molecular complexity index is 346. The van der Waals surface area contributed by atoms with Gasteiger partial charge in [0.25, 0.3) is 5.91 Å². The van der Waals surface area contributed by atoms with Gasteiger partial charge >= 0.3 is 0 Å². The summed E-state index contributed by atoms with van der Waals surface area (Å²) in [4.78, 5) is 13.1. The smallest absolute Gasteiger partial charge is 0.276 e. The number of nitrogens with one attached hydrogen (secondary N) is 1. The van der Waals surface area contributed by atoms with E-state index in [-0.39, 0.29) is 24.0 Å². The first-order valence-corrected chi connectivity index (χ1v) is 4.30. The van der Waals surface area contributed by atoms with Crippen molar-refractivity contribution in [1.29, 1.82) is 0 Å². The number of amidine groups is 1. The van der Waals surface area contributed by atoms with Crippen molar-refractivity contribution >= 4 is 11.7 Å². The van der Waals surface area contributed by atoms with E-state index in [4.69, 9.17) is 10.9 Å². The third-order valence-corrected chi connectivity index (χ3v) is 1.78. The molecule has 0 bridgehead atoms. The molecule has 82 valence electrons. The summed E-state index contributed by atoms with van der Waals surface area (Å²) < 4.78 is 0. The zero-order chi connectivity index (χ0) is 11.3. The van der Waals surface area contributed by atoms with Crippen LogP contribution in [0.15, 0.2) is 11.4 Å². The van der Waals surface area contributed by atoms with Crippen molar-refractivity contribution in [2.45, 2.75) is 6.92 Å². The standard InChI is InChI=1S/C7H12N6O2/c1-2-13(4-6(8)11-15)7(14)5-3-9-12-10-5/h3,15H,2,4H2,1H3,(H2,8,11)(H,9,10,12). The molecule has 0 saturated heterocycles. The Kier molecular flexibility index (Phi) is 3.61. The average molecular weight is 212 g/mol. The molecule has 1 heterocycles. The molecule has 0 spiro atoms. The first-order chi connectivity index (χ1) is 7.19. The highest BCUT2D eigenvalue weighted by Crippen LogP contribution is 1.98. The molecular formula is C7H12N6O2. The summed E-state index contributed by atoms with van der Waals surface area (Å²) >= 11 is 0. The number of aromatic amines is 1. The Balaban J connectivity index is 2.71. The number of rotatable bonds is 4. The topological polar surface area (TPSA) is 120 Å². The molecule has 1 aromatic rings. The Labute approximate surface area is 85.7 Å². The van der Waals surface area contributed by atoms with Crippen molar-refractivity contribution in [2.24, 2.45) is 10.9 Å². The Hall–Kier alpha value is -2.12. The van der Waals surface area contributed by atoms with E-state index >= 15 is 0 Å². The van der Waals surface area contributed by atoms with Gasteiger partial charge < -0.3 is 15.8 Å². The number of aromatic nitrogens is 3. The minimum absolute atomic E-state index is 0.0336. The minimum Gasteiger partial charge on any atom is -0.409 e. The number of carbonyl (C=O) groups is 1. The van der Waals surface area contributed by atoms with Gasteiger partial charge in [-0.1, -0.05) is 5.16 Å². The second-order valence-corrected chi connectivity index (χ2v) is 2.77. The number of hydrogen-bond acceptors (Lipinski definition) is 5. The first kappa shape index (κ1) is 11.0. The Morgan fingerprint density at radius 1 is 1.80 bits per heavy atom. The summed E-state index contributed by atoms with van der Waals surface area (Å²) in [5.74, 6) is -0.355. The molecule has 0 radical (unpaired) electrons. The maximum absolute atomic E-state index is 11.7.